The molecule has 0 unspecified atom stereocenters. The molecule has 0 atom stereocenters. The largest absolute Gasteiger partial charge is 0.310 e. The first kappa shape index (κ1) is 40.9. The zero-order chi connectivity index (χ0) is 42.3. The van der Waals surface area contributed by atoms with Gasteiger partial charge >= 0.3 is 0 Å². The molecule has 0 saturated heterocycles. The molecule has 1 aliphatic heterocycles. The van der Waals surface area contributed by atoms with Gasteiger partial charge in [0.1, 0.15) is 0 Å². The molecule has 0 N–H and O–H groups in total. The van der Waals surface area contributed by atoms with E-state index in [1.807, 2.05) is 0 Å². The van der Waals surface area contributed by atoms with Crippen molar-refractivity contribution in [3.05, 3.63) is 227 Å². The van der Waals surface area contributed by atoms with Gasteiger partial charge in [-0.25, -0.2) is 0 Å². The summed E-state index contributed by atoms with van der Waals surface area (Å²) in [7, 11) is 0. The minimum atomic E-state index is -0.705. The lowest BCUT2D eigenvalue weighted by molar-refractivity contribution is 0.696. The van der Waals surface area contributed by atoms with E-state index in [0.29, 0.717) is 0 Å². The van der Waals surface area contributed by atoms with E-state index in [4.69, 9.17) is 4.98 Å². The van der Waals surface area contributed by atoms with Crippen molar-refractivity contribution in [3.63, 3.8) is 0 Å². The third kappa shape index (κ3) is 8.03. The summed E-state index contributed by atoms with van der Waals surface area (Å²) >= 11 is 0. The van der Waals surface area contributed by atoms with Gasteiger partial charge in [0.15, 0.2) is 0 Å². The highest BCUT2D eigenvalue weighted by Gasteiger charge is 2.48. The van der Waals surface area contributed by atoms with Crippen LogP contribution in [-0.2, 0) is 24.7 Å². The third-order valence-corrected chi connectivity index (χ3v) is 12.8. The number of benzene rings is 7. The standard InChI is InChI=1S/C60H58N2/c1-4-7-20-44-31-35-53(36-32-44)62-57-37-33-45(21-8-5-2)39-54(57)60(52-27-17-12-18-28-52,55-40-46(22-9-6-3)34-38-58(55)62)59-30-19-29-56(61-59)51-42-49(47-23-13-10-14-24-47)41-50(43-51)48-25-15-11-16-26-48/h10-19,23-43H,4-9,20-22H2,1-3H3. The van der Waals surface area contributed by atoms with Gasteiger partial charge in [-0.05, 0) is 149 Å². The number of aromatic nitrogens is 1. The smallest absolute Gasteiger partial charge is 0.0914 e. The van der Waals surface area contributed by atoms with Crippen molar-refractivity contribution in [2.45, 2.75) is 84.0 Å². The highest BCUT2D eigenvalue weighted by atomic mass is 15.2. The molecule has 2 nitrogen and oxygen atoms in total. The van der Waals surface area contributed by atoms with E-state index >= 15 is 0 Å². The van der Waals surface area contributed by atoms with Crippen LogP contribution in [0.2, 0.25) is 0 Å². The first-order valence-corrected chi connectivity index (χ1v) is 23.1. The van der Waals surface area contributed by atoms with Crippen LogP contribution in [0.25, 0.3) is 33.5 Å². The lowest BCUT2D eigenvalue weighted by atomic mass is 9.63. The van der Waals surface area contributed by atoms with E-state index < -0.39 is 5.41 Å². The number of aryl methyl sites for hydroxylation is 3. The number of fused-ring (bicyclic) bond motifs is 2. The molecule has 0 saturated carbocycles. The summed E-state index contributed by atoms with van der Waals surface area (Å²) in [5, 5.41) is 0. The van der Waals surface area contributed by atoms with Crippen molar-refractivity contribution in [1.82, 2.24) is 4.98 Å². The molecule has 2 heterocycles. The van der Waals surface area contributed by atoms with Gasteiger partial charge in [-0.15, -0.1) is 0 Å². The summed E-state index contributed by atoms with van der Waals surface area (Å²) in [5.74, 6) is 0. The Morgan fingerprint density at radius 3 is 1.39 bits per heavy atom. The summed E-state index contributed by atoms with van der Waals surface area (Å²) in [6.45, 7) is 6.85. The molecule has 0 fully saturated rings. The summed E-state index contributed by atoms with van der Waals surface area (Å²) in [5.41, 5.74) is 18.6. The molecule has 0 spiro atoms. The second-order valence-electron chi connectivity index (χ2n) is 17.1. The van der Waals surface area contributed by atoms with Crippen LogP contribution in [0.3, 0.4) is 0 Å². The Balaban J connectivity index is 1.33. The number of nitrogens with zero attached hydrogens (tertiary/aromatic N) is 2. The molecule has 0 aliphatic carbocycles. The molecule has 1 aromatic heterocycles. The summed E-state index contributed by atoms with van der Waals surface area (Å²) in [6.07, 6.45) is 10.2. The predicted molar refractivity (Wildman–Crippen MR) is 263 cm³/mol. The third-order valence-electron chi connectivity index (χ3n) is 12.8. The van der Waals surface area contributed by atoms with E-state index in [2.05, 4.69) is 214 Å². The average Bonchev–Trinajstić information content (AvgIpc) is 3.34. The zero-order valence-corrected chi connectivity index (χ0v) is 36.7. The fraction of sp³-hybridized carbons (Fsp3) is 0.217. The SMILES string of the molecule is CCCCc1ccc(N2c3ccc(CCCC)cc3C(c3ccccc3)(c3cccc(-c4cc(-c5ccccc5)cc(-c5ccccc5)c4)n3)c3cc(CCCC)ccc32)cc1. The van der Waals surface area contributed by atoms with Crippen LogP contribution in [0.15, 0.2) is 188 Å². The van der Waals surface area contributed by atoms with Gasteiger partial charge in [0.05, 0.1) is 28.2 Å². The van der Waals surface area contributed by atoms with E-state index in [1.54, 1.807) is 0 Å². The van der Waals surface area contributed by atoms with Crippen molar-refractivity contribution in [1.29, 1.82) is 0 Å². The quantitative estimate of drug-likeness (QED) is 0.103. The molecule has 1 aliphatic rings. The first-order valence-electron chi connectivity index (χ1n) is 23.1. The number of unbranched alkanes of at least 4 members (excludes halogenated alkanes) is 3. The van der Waals surface area contributed by atoms with Crippen LogP contribution < -0.4 is 4.90 Å². The molecule has 2 heteroatoms. The van der Waals surface area contributed by atoms with Crippen LogP contribution in [0, 0.1) is 0 Å². The molecule has 0 radical (unpaired) electrons. The summed E-state index contributed by atoms with van der Waals surface area (Å²) in [4.78, 5) is 8.42. The number of anilines is 3. The topological polar surface area (TPSA) is 16.1 Å². The van der Waals surface area contributed by atoms with Gasteiger partial charge in [0.25, 0.3) is 0 Å². The van der Waals surface area contributed by atoms with E-state index in [-0.39, 0.29) is 0 Å². The van der Waals surface area contributed by atoms with E-state index in [1.165, 1.54) is 85.5 Å². The van der Waals surface area contributed by atoms with Crippen LogP contribution in [0.4, 0.5) is 17.1 Å². The Morgan fingerprint density at radius 1 is 0.403 bits per heavy atom. The lowest BCUT2D eigenvalue weighted by Gasteiger charge is -2.46. The second kappa shape index (κ2) is 18.6. The Hall–Kier alpha value is -6.51. The Kier molecular flexibility index (Phi) is 12.3. The van der Waals surface area contributed by atoms with Crippen molar-refractivity contribution in [2.75, 3.05) is 4.90 Å². The normalized spacial score (nSPS) is 12.8. The van der Waals surface area contributed by atoms with Crippen molar-refractivity contribution in [3.8, 4) is 33.5 Å². The molecule has 9 rings (SSSR count). The Morgan fingerprint density at radius 2 is 0.871 bits per heavy atom. The fourth-order valence-electron chi connectivity index (χ4n) is 9.57. The zero-order valence-electron chi connectivity index (χ0n) is 36.7. The second-order valence-corrected chi connectivity index (χ2v) is 17.1. The maximum absolute atomic E-state index is 5.89. The van der Waals surface area contributed by atoms with Crippen LogP contribution in [-0.4, -0.2) is 4.98 Å². The molecule has 308 valence electrons. The van der Waals surface area contributed by atoms with E-state index in [0.717, 1.165) is 61.9 Å². The van der Waals surface area contributed by atoms with Gasteiger partial charge < -0.3 is 4.90 Å². The first-order chi connectivity index (χ1) is 30.6. The molecule has 0 amide bonds. The van der Waals surface area contributed by atoms with E-state index in [9.17, 15) is 0 Å². The number of pyridine rings is 1. The van der Waals surface area contributed by atoms with Gasteiger partial charge in [-0.1, -0.05) is 173 Å². The molecule has 8 aromatic rings. The van der Waals surface area contributed by atoms with Gasteiger partial charge in [0.2, 0.25) is 0 Å². The van der Waals surface area contributed by atoms with Crippen LogP contribution in [0.5, 0.6) is 0 Å². The highest BCUT2D eigenvalue weighted by Crippen LogP contribution is 2.58. The van der Waals surface area contributed by atoms with Gasteiger partial charge in [-0.3, -0.25) is 4.98 Å². The lowest BCUT2D eigenvalue weighted by Crippen LogP contribution is -2.39. The van der Waals surface area contributed by atoms with Crippen molar-refractivity contribution < 1.29 is 0 Å². The van der Waals surface area contributed by atoms with Crippen LogP contribution in [0.1, 0.15) is 98.4 Å². The number of rotatable bonds is 15. The number of hydrogen-bond donors (Lipinski definition) is 0. The minimum Gasteiger partial charge on any atom is -0.310 e. The molecule has 62 heavy (non-hydrogen) atoms. The predicted octanol–water partition coefficient (Wildman–Crippen LogP) is 16.3. The molecule has 0 bridgehead atoms. The van der Waals surface area contributed by atoms with Gasteiger partial charge in [0, 0.05) is 11.3 Å². The van der Waals surface area contributed by atoms with Crippen molar-refractivity contribution in [2.24, 2.45) is 0 Å². The summed E-state index contributed by atoms with van der Waals surface area (Å²) < 4.78 is 0. The molecular weight excluding hydrogens is 749 g/mol. The Bertz CT molecular complexity index is 2620. The Labute approximate surface area is 370 Å². The maximum Gasteiger partial charge on any atom is 0.0914 e. The van der Waals surface area contributed by atoms with Gasteiger partial charge in [-0.2, -0.15) is 0 Å². The molecule has 7 aromatic carbocycles. The summed E-state index contributed by atoms with van der Waals surface area (Å²) in [6, 6.07) is 70.4. The van der Waals surface area contributed by atoms with Crippen molar-refractivity contribution >= 4 is 17.1 Å². The molecular formula is C60H58N2. The average molecular weight is 807 g/mol. The fourth-order valence-corrected chi connectivity index (χ4v) is 9.57. The highest BCUT2D eigenvalue weighted by molar-refractivity contribution is 5.90. The van der Waals surface area contributed by atoms with Crippen LogP contribution >= 0.6 is 0 Å². The maximum atomic E-state index is 5.89. The number of hydrogen-bond acceptors (Lipinski definition) is 2. The monoisotopic (exact) mass is 806 g/mol. The minimum absolute atomic E-state index is 0.705.